The van der Waals surface area contributed by atoms with Crippen molar-refractivity contribution in [3.8, 4) is 0 Å². The van der Waals surface area contributed by atoms with E-state index < -0.39 is 5.97 Å². The first-order chi connectivity index (χ1) is 9.49. The SMILES string of the molecule is CC1=C/C(=N/OC(=O)c2ccccc2Br)C(C)=CC1=O. The summed E-state index contributed by atoms with van der Waals surface area (Å²) in [5.74, 6) is -0.612. The number of nitrogens with zero attached hydrogens (tertiary/aromatic N) is 1. The van der Waals surface area contributed by atoms with Crippen molar-refractivity contribution in [3.63, 3.8) is 0 Å². The molecule has 1 aromatic carbocycles. The number of hydrogen-bond acceptors (Lipinski definition) is 4. The molecule has 0 unspecified atom stereocenters. The Hall–Kier alpha value is -2.01. The smallest absolute Gasteiger partial charge is 0.312 e. The fourth-order valence-electron chi connectivity index (χ4n) is 1.64. The largest absolute Gasteiger partial charge is 0.366 e. The molecular formula is C15H12BrNO3. The van der Waals surface area contributed by atoms with Crippen molar-refractivity contribution in [2.24, 2.45) is 5.16 Å². The summed E-state index contributed by atoms with van der Waals surface area (Å²) in [6.45, 7) is 3.43. The predicted molar refractivity (Wildman–Crippen MR) is 79.5 cm³/mol. The van der Waals surface area contributed by atoms with Gasteiger partial charge >= 0.3 is 5.97 Å². The highest BCUT2D eigenvalue weighted by Gasteiger charge is 2.15. The van der Waals surface area contributed by atoms with Crippen molar-refractivity contribution in [2.45, 2.75) is 13.8 Å². The van der Waals surface area contributed by atoms with E-state index in [9.17, 15) is 9.59 Å². The van der Waals surface area contributed by atoms with Gasteiger partial charge < -0.3 is 4.84 Å². The van der Waals surface area contributed by atoms with Crippen molar-refractivity contribution in [2.75, 3.05) is 0 Å². The topological polar surface area (TPSA) is 55.7 Å². The molecule has 0 aliphatic heterocycles. The molecule has 0 heterocycles. The van der Waals surface area contributed by atoms with Crippen LogP contribution in [0.5, 0.6) is 0 Å². The molecule has 20 heavy (non-hydrogen) atoms. The maximum Gasteiger partial charge on any atom is 0.366 e. The molecule has 1 aromatic rings. The highest BCUT2D eigenvalue weighted by Crippen LogP contribution is 2.17. The Bertz CT molecular complexity index is 671. The van der Waals surface area contributed by atoms with Gasteiger partial charge in [0.15, 0.2) is 5.78 Å². The number of halogens is 1. The standard InChI is InChI=1S/C15H12BrNO3/c1-9-8-14(18)10(2)7-13(9)17-20-15(19)11-5-3-4-6-12(11)16/h3-8H,1-2H3/b17-13-. The van der Waals surface area contributed by atoms with Gasteiger partial charge in [0.2, 0.25) is 0 Å². The third kappa shape index (κ3) is 3.11. The summed E-state index contributed by atoms with van der Waals surface area (Å²) in [6, 6.07) is 6.93. The van der Waals surface area contributed by atoms with Gasteiger partial charge in [-0.15, -0.1) is 0 Å². The summed E-state index contributed by atoms with van der Waals surface area (Å²) in [6.07, 6.45) is 3.07. The third-order valence-corrected chi connectivity index (χ3v) is 3.51. The molecule has 0 amide bonds. The van der Waals surface area contributed by atoms with Gasteiger partial charge in [-0.05, 0) is 65.2 Å². The summed E-state index contributed by atoms with van der Waals surface area (Å²) in [5, 5.41) is 3.82. The molecule has 2 rings (SSSR count). The molecule has 0 saturated carbocycles. The van der Waals surface area contributed by atoms with Crippen molar-refractivity contribution in [1.29, 1.82) is 0 Å². The second-order valence-corrected chi connectivity index (χ2v) is 5.21. The lowest BCUT2D eigenvalue weighted by Gasteiger charge is -2.08. The van der Waals surface area contributed by atoms with E-state index in [0.29, 0.717) is 26.9 Å². The van der Waals surface area contributed by atoms with Gasteiger partial charge in [0.05, 0.1) is 5.56 Å². The Labute approximate surface area is 124 Å². The average molecular weight is 334 g/mol. The van der Waals surface area contributed by atoms with Crippen LogP contribution in [0.3, 0.4) is 0 Å². The van der Waals surface area contributed by atoms with E-state index in [4.69, 9.17) is 4.84 Å². The van der Waals surface area contributed by atoms with Crippen LogP contribution in [0.4, 0.5) is 0 Å². The number of carbonyl (C=O) groups is 2. The molecule has 0 aromatic heterocycles. The molecule has 4 nitrogen and oxygen atoms in total. The minimum absolute atomic E-state index is 0.0569. The molecule has 0 spiro atoms. The van der Waals surface area contributed by atoms with Crippen LogP contribution in [-0.4, -0.2) is 17.5 Å². The molecule has 1 aliphatic carbocycles. The molecule has 5 heteroatoms. The lowest BCUT2D eigenvalue weighted by atomic mass is 9.99. The maximum absolute atomic E-state index is 11.9. The highest BCUT2D eigenvalue weighted by atomic mass is 79.9. The maximum atomic E-state index is 11.9. The number of carbonyl (C=O) groups excluding carboxylic acids is 2. The number of oxime groups is 1. The Balaban J connectivity index is 2.18. The third-order valence-electron chi connectivity index (χ3n) is 2.81. The first kappa shape index (κ1) is 14.4. The monoisotopic (exact) mass is 333 g/mol. The van der Waals surface area contributed by atoms with Gasteiger partial charge in [0.1, 0.15) is 5.71 Å². The van der Waals surface area contributed by atoms with Gasteiger partial charge in [-0.25, -0.2) is 4.79 Å². The second-order valence-electron chi connectivity index (χ2n) is 4.35. The van der Waals surface area contributed by atoms with Gasteiger partial charge in [0, 0.05) is 4.47 Å². The summed E-state index contributed by atoms with van der Waals surface area (Å²) in [5.41, 5.74) is 2.10. The highest BCUT2D eigenvalue weighted by molar-refractivity contribution is 9.10. The molecule has 0 N–H and O–H groups in total. The van der Waals surface area contributed by atoms with Crippen LogP contribution in [0.25, 0.3) is 0 Å². The summed E-state index contributed by atoms with van der Waals surface area (Å²) in [4.78, 5) is 28.3. The van der Waals surface area contributed by atoms with E-state index in [-0.39, 0.29) is 5.78 Å². The van der Waals surface area contributed by atoms with Gasteiger partial charge in [-0.1, -0.05) is 17.3 Å². The van der Waals surface area contributed by atoms with E-state index in [0.717, 1.165) is 0 Å². The van der Waals surface area contributed by atoms with E-state index >= 15 is 0 Å². The zero-order chi connectivity index (χ0) is 14.7. The zero-order valence-electron chi connectivity index (χ0n) is 11.0. The van der Waals surface area contributed by atoms with Crippen LogP contribution in [0.2, 0.25) is 0 Å². The minimum Gasteiger partial charge on any atom is -0.312 e. The van der Waals surface area contributed by atoms with Crippen molar-refractivity contribution < 1.29 is 14.4 Å². The molecule has 0 fully saturated rings. The fraction of sp³-hybridized carbons (Fsp3) is 0.133. The van der Waals surface area contributed by atoms with Gasteiger partial charge in [-0.3, -0.25) is 4.79 Å². The number of benzene rings is 1. The summed E-state index contributed by atoms with van der Waals surface area (Å²) >= 11 is 3.27. The molecule has 0 atom stereocenters. The second kappa shape index (κ2) is 5.96. The Kier molecular flexibility index (Phi) is 4.29. The lowest BCUT2D eigenvalue weighted by Crippen LogP contribution is -2.11. The Morgan fingerprint density at radius 2 is 1.85 bits per heavy atom. The summed E-state index contributed by atoms with van der Waals surface area (Å²) < 4.78 is 0.642. The Morgan fingerprint density at radius 3 is 2.55 bits per heavy atom. The number of hydrogen-bond donors (Lipinski definition) is 0. The molecule has 0 radical (unpaired) electrons. The van der Waals surface area contributed by atoms with Gasteiger partial charge in [-0.2, -0.15) is 0 Å². The average Bonchev–Trinajstić information content (AvgIpc) is 2.41. The van der Waals surface area contributed by atoms with Crippen LogP contribution in [-0.2, 0) is 9.63 Å². The quantitative estimate of drug-likeness (QED) is 0.473. The van der Waals surface area contributed by atoms with E-state index in [1.54, 1.807) is 44.2 Å². The Morgan fingerprint density at radius 1 is 1.15 bits per heavy atom. The van der Waals surface area contributed by atoms with Crippen molar-refractivity contribution in [3.05, 3.63) is 57.6 Å². The molecular weight excluding hydrogens is 322 g/mol. The van der Waals surface area contributed by atoms with Crippen molar-refractivity contribution in [1.82, 2.24) is 0 Å². The minimum atomic E-state index is -0.555. The molecule has 1 aliphatic rings. The van der Waals surface area contributed by atoms with Crippen LogP contribution >= 0.6 is 15.9 Å². The normalized spacial score (nSPS) is 16.8. The lowest BCUT2D eigenvalue weighted by molar-refractivity contribution is -0.111. The van der Waals surface area contributed by atoms with Crippen LogP contribution in [0, 0.1) is 0 Å². The van der Waals surface area contributed by atoms with E-state index in [1.807, 2.05) is 0 Å². The van der Waals surface area contributed by atoms with Crippen LogP contribution in [0.15, 0.2) is 57.2 Å². The number of ketones is 1. The van der Waals surface area contributed by atoms with Crippen LogP contribution in [0.1, 0.15) is 24.2 Å². The van der Waals surface area contributed by atoms with E-state index in [1.165, 1.54) is 6.08 Å². The fourth-order valence-corrected chi connectivity index (χ4v) is 2.09. The number of allylic oxidation sites excluding steroid dienone is 4. The van der Waals surface area contributed by atoms with Gasteiger partial charge in [0.25, 0.3) is 0 Å². The predicted octanol–water partition coefficient (Wildman–Crippen LogP) is 3.44. The summed E-state index contributed by atoms with van der Waals surface area (Å²) in [7, 11) is 0. The van der Waals surface area contributed by atoms with E-state index in [2.05, 4.69) is 21.1 Å². The first-order valence-corrected chi connectivity index (χ1v) is 6.73. The number of rotatable bonds is 2. The molecule has 0 bridgehead atoms. The van der Waals surface area contributed by atoms with Crippen LogP contribution < -0.4 is 0 Å². The first-order valence-electron chi connectivity index (χ1n) is 5.94. The molecule has 102 valence electrons. The van der Waals surface area contributed by atoms with Crippen molar-refractivity contribution >= 4 is 33.4 Å². The molecule has 0 saturated heterocycles. The zero-order valence-corrected chi connectivity index (χ0v) is 12.6.